The van der Waals surface area contributed by atoms with Gasteiger partial charge in [-0.3, -0.25) is 4.79 Å². The summed E-state index contributed by atoms with van der Waals surface area (Å²) in [7, 11) is 0. The molecule has 1 heterocycles. The molecule has 0 saturated carbocycles. The number of nitrogens with zero attached hydrogens (tertiary/aromatic N) is 1. The topological polar surface area (TPSA) is 29.5 Å². The summed E-state index contributed by atoms with van der Waals surface area (Å²) in [5.74, 6) is 0.380. The van der Waals surface area contributed by atoms with Crippen LogP contribution in [0.1, 0.15) is 11.1 Å². The van der Waals surface area contributed by atoms with E-state index >= 15 is 0 Å². The summed E-state index contributed by atoms with van der Waals surface area (Å²) in [5, 5.41) is 0.750. The maximum Gasteiger partial charge on any atom is 0.260 e. The first-order chi connectivity index (χ1) is 10.6. The minimum atomic E-state index is -0.0504. The molecule has 3 rings (SSSR count). The quantitative estimate of drug-likeness (QED) is 0.849. The van der Waals surface area contributed by atoms with Crippen LogP contribution in [0.25, 0.3) is 0 Å². The van der Waals surface area contributed by atoms with Crippen molar-refractivity contribution in [2.24, 2.45) is 0 Å². The van der Waals surface area contributed by atoms with E-state index in [-0.39, 0.29) is 12.5 Å². The third-order valence-corrected chi connectivity index (χ3v) is 4.55. The monoisotopic (exact) mass is 335 g/mol. The summed E-state index contributed by atoms with van der Waals surface area (Å²) >= 11 is 12.0. The van der Waals surface area contributed by atoms with Crippen molar-refractivity contribution >= 4 is 29.1 Å². The van der Waals surface area contributed by atoms with E-state index in [1.54, 1.807) is 23.1 Å². The molecule has 0 spiro atoms. The number of ether oxygens (including phenoxy) is 1. The number of fused-ring (bicyclic) bond motifs is 1. The highest BCUT2D eigenvalue weighted by Gasteiger charge is 2.21. The zero-order chi connectivity index (χ0) is 15.5. The molecule has 0 N–H and O–H groups in total. The Balaban J connectivity index is 1.63. The number of carbonyl (C=O) groups excluding carboxylic acids is 1. The van der Waals surface area contributed by atoms with Crippen molar-refractivity contribution < 1.29 is 9.53 Å². The van der Waals surface area contributed by atoms with E-state index in [0.29, 0.717) is 28.9 Å². The molecule has 3 nitrogen and oxygen atoms in total. The van der Waals surface area contributed by atoms with E-state index in [1.165, 1.54) is 11.1 Å². The maximum atomic E-state index is 12.3. The summed E-state index contributed by atoms with van der Waals surface area (Å²) in [4.78, 5) is 14.1. The van der Waals surface area contributed by atoms with Crippen LogP contribution in [-0.4, -0.2) is 24.0 Å². The number of hydrogen-bond donors (Lipinski definition) is 0. The molecular weight excluding hydrogens is 321 g/mol. The van der Waals surface area contributed by atoms with Crippen LogP contribution >= 0.6 is 23.2 Å². The zero-order valence-corrected chi connectivity index (χ0v) is 13.4. The lowest BCUT2D eigenvalue weighted by Crippen LogP contribution is -2.38. The second kappa shape index (κ2) is 6.59. The molecule has 2 aromatic rings. The highest BCUT2D eigenvalue weighted by molar-refractivity contribution is 6.42. The summed E-state index contributed by atoms with van der Waals surface area (Å²) in [6.45, 7) is 1.30. The minimum absolute atomic E-state index is 0.0395. The van der Waals surface area contributed by atoms with Crippen LogP contribution in [0.15, 0.2) is 42.5 Å². The van der Waals surface area contributed by atoms with Gasteiger partial charge in [-0.05, 0) is 29.7 Å². The molecule has 0 fully saturated rings. The number of benzene rings is 2. The minimum Gasteiger partial charge on any atom is -0.482 e. The normalized spacial score (nSPS) is 13.6. The molecule has 0 aromatic heterocycles. The Morgan fingerprint density at radius 2 is 1.86 bits per heavy atom. The van der Waals surface area contributed by atoms with Gasteiger partial charge in [-0.25, -0.2) is 0 Å². The molecule has 22 heavy (non-hydrogen) atoms. The summed E-state index contributed by atoms with van der Waals surface area (Å²) in [6.07, 6.45) is 0.875. The molecule has 1 aliphatic rings. The predicted molar refractivity (Wildman–Crippen MR) is 87.5 cm³/mol. The second-order valence-corrected chi connectivity index (χ2v) is 5.96. The van der Waals surface area contributed by atoms with Crippen molar-refractivity contribution in [2.45, 2.75) is 13.0 Å². The van der Waals surface area contributed by atoms with Crippen molar-refractivity contribution in [1.82, 2.24) is 4.90 Å². The largest absolute Gasteiger partial charge is 0.482 e. The van der Waals surface area contributed by atoms with Crippen LogP contribution in [0.2, 0.25) is 10.0 Å². The lowest BCUT2D eigenvalue weighted by Gasteiger charge is -2.28. The fourth-order valence-electron chi connectivity index (χ4n) is 2.53. The zero-order valence-electron chi connectivity index (χ0n) is 11.9. The van der Waals surface area contributed by atoms with Crippen molar-refractivity contribution in [1.29, 1.82) is 0 Å². The number of carbonyl (C=O) groups is 1. The maximum absolute atomic E-state index is 12.3. The van der Waals surface area contributed by atoms with Crippen LogP contribution in [0.4, 0.5) is 0 Å². The Morgan fingerprint density at radius 3 is 2.68 bits per heavy atom. The third kappa shape index (κ3) is 3.21. The van der Waals surface area contributed by atoms with E-state index in [9.17, 15) is 4.79 Å². The Morgan fingerprint density at radius 1 is 1.09 bits per heavy atom. The standard InChI is InChI=1S/C17H15Cl2NO2/c18-14-6-3-7-15(17(14)19)22-11-16(21)20-9-8-12-4-1-2-5-13(12)10-20/h1-7H,8-11H2. The molecule has 2 aromatic carbocycles. The SMILES string of the molecule is O=C(COc1cccc(Cl)c1Cl)N1CCc2ccccc2C1. The molecule has 1 aliphatic heterocycles. The fraction of sp³-hybridized carbons (Fsp3) is 0.235. The van der Waals surface area contributed by atoms with Gasteiger partial charge in [-0.1, -0.05) is 53.5 Å². The third-order valence-electron chi connectivity index (χ3n) is 3.75. The van der Waals surface area contributed by atoms with E-state index in [4.69, 9.17) is 27.9 Å². The van der Waals surface area contributed by atoms with E-state index < -0.39 is 0 Å². The van der Waals surface area contributed by atoms with Gasteiger partial charge in [0.05, 0.1) is 5.02 Å². The number of hydrogen-bond acceptors (Lipinski definition) is 2. The van der Waals surface area contributed by atoms with Gasteiger partial charge in [0.25, 0.3) is 5.91 Å². The first kappa shape index (κ1) is 15.2. The van der Waals surface area contributed by atoms with Gasteiger partial charge in [0, 0.05) is 13.1 Å². The van der Waals surface area contributed by atoms with Crippen LogP contribution in [0.5, 0.6) is 5.75 Å². The summed E-state index contributed by atoms with van der Waals surface area (Å²) in [6, 6.07) is 13.3. The Kier molecular flexibility index (Phi) is 4.55. The molecule has 1 amide bonds. The van der Waals surface area contributed by atoms with Gasteiger partial charge in [-0.15, -0.1) is 0 Å². The Hall–Kier alpha value is -1.71. The molecule has 0 atom stereocenters. The van der Waals surface area contributed by atoms with Crippen LogP contribution in [0.3, 0.4) is 0 Å². The van der Waals surface area contributed by atoms with Gasteiger partial charge in [0.15, 0.2) is 6.61 Å². The average molecular weight is 336 g/mol. The average Bonchev–Trinajstić information content (AvgIpc) is 2.55. The molecule has 0 bridgehead atoms. The summed E-state index contributed by atoms with van der Waals surface area (Å²) in [5.41, 5.74) is 2.51. The molecule has 0 unspecified atom stereocenters. The Labute approximate surface area is 139 Å². The highest BCUT2D eigenvalue weighted by atomic mass is 35.5. The highest BCUT2D eigenvalue weighted by Crippen LogP contribution is 2.31. The van der Waals surface area contributed by atoms with Crippen molar-refractivity contribution in [3.8, 4) is 5.75 Å². The predicted octanol–water partition coefficient (Wildman–Crippen LogP) is 3.96. The first-order valence-corrected chi connectivity index (χ1v) is 7.82. The molecule has 0 saturated heterocycles. The van der Waals surface area contributed by atoms with E-state index in [2.05, 4.69) is 12.1 Å². The second-order valence-electron chi connectivity index (χ2n) is 5.17. The first-order valence-electron chi connectivity index (χ1n) is 7.06. The van der Waals surface area contributed by atoms with Gasteiger partial charge >= 0.3 is 0 Å². The number of halogens is 2. The van der Waals surface area contributed by atoms with Crippen molar-refractivity contribution in [2.75, 3.05) is 13.2 Å². The lowest BCUT2D eigenvalue weighted by atomic mass is 10.00. The van der Waals surface area contributed by atoms with Crippen molar-refractivity contribution in [3.63, 3.8) is 0 Å². The molecular formula is C17H15Cl2NO2. The molecule has 0 radical (unpaired) electrons. The molecule has 114 valence electrons. The number of rotatable bonds is 3. The Bertz CT molecular complexity index is 703. The van der Waals surface area contributed by atoms with Gasteiger partial charge in [0.1, 0.15) is 10.8 Å². The van der Waals surface area contributed by atoms with E-state index in [1.807, 2.05) is 12.1 Å². The van der Waals surface area contributed by atoms with Crippen molar-refractivity contribution in [3.05, 3.63) is 63.6 Å². The van der Waals surface area contributed by atoms with Gasteiger partial charge in [0.2, 0.25) is 0 Å². The summed E-state index contributed by atoms with van der Waals surface area (Å²) < 4.78 is 5.51. The fourth-order valence-corrected chi connectivity index (χ4v) is 2.88. The number of amides is 1. The van der Waals surface area contributed by atoms with Gasteiger partial charge < -0.3 is 9.64 Å². The van der Waals surface area contributed by atoms with Gasteiger partial charge in [-0.2, -0.15) is 0 Å². The lowest BCUT2D eigenvalue weighted by molar-refractivity contribution is -0.134. The van der Waals surface area contributed by atoms with Crippen LogP contribution in [0, 0.1) is 0 Å². The molecule has 0 aliphatic carbocycles. The van der Waals surface area contributed by atoms with E-state index in [0.717, 1.165) is 6.42 Å². The van der Waals surface area contributed by atoms with Crippen LogP contribution < -0.4 is 4.74 Å². The molecule has 5 heteroatoms. The van der Waals surface area contributed by atoms with Crippen LogP contribution in [-0.2, 0) is 17.8 Å². The smallest absolute Gasteiger partial charge is 0.260 e.